The number of ketones is 1. The van der Waals surface area contributed by atoms with E-state index in [9.17, 15) is 4.79 Å². The Bertz CT molecular complexity index is 1110. The molecule has 0 fully saturated rings. The molecule has 2 aromatic carbocycles. The SMILES string of the molecule is CC(=O)C(C)(C)Cn1nc2c(OCc3ccccc3)cccc2c1CO[Si](C)(C)C(C)(C)C. The summed E-state index contributed by atoms with van der Waals surface area (Å²) < 4.78 is 14.7. The third-order valence-corrected chi connectivity index (χ3v) is 11.4. The number of rotatable bonds is 9. The fraction of sp³-hybridized carbons (Fsp3) is 0.481. The molecule has 0 saturated heterocycles. The minimum absolute atomic E-state index is 0.107. The normalized spacial score (nSPS) is 12.8. The van der Waals surface area contributed by atoms with E-state index in [0.717, 1.165) is 27.9 Å². The molecule has 0 saturated carbocycles. The second-order valence-electron chi connectivity index (χ2n) is 11.0. The van der Waals surface area contributed by atoms with Gasteiger partial charge in [-0.3, -0.25) is 9.48 Å². The zero-order valence-corrected chi connectivity index (χ0v) is 22.4. The molecular weight excluding hydrogens is 428 g/mol. The van der Waals surface area contributed by atoms with Crippen LogP contribution in [0, 0.1) is 5.41 Å². The van der Waals surface area contributed by atoms with Crippen LogP contribution in [-0.4, -0.2) is 23.9 Å². The van der Waals surface area contributed by atoms with Crippen LogP contribution in [0.1, 0.15) is 52.8 Å². The first-order valence-corrected chi connectivity index (χ1v) is 14.5. The zero-order chi connectivity index (χ0) is 24.4. The highest BCUT2D eigenvalue weighted by atomic mass is 28.4. The number of Topliss-reactive ketones (excluding diaryl/α,β-unsaturated/α-hetero) is 1. The van der Waals surface area contributed by atoms with Crippen LogP contribution in [0.5, 0.6) is 5.75 Å². The maximum Gasteiger partial charge on any atom is 0.192 e. The lowest BCUT2D eigenvalue weighted by atomic mass is 9.89. The first kappa shape index (κ1) is 25.2. The minimum atomic E-state index is -1.96. The monoisotopic (exact) mass is 466 g/mol. The van der Waals surface area contributed by atoms with Crippen molar-refractivity contribution in [1.82, 2.24) is 9.78 Å². The average molecular weight is 467 g/mol. The Morgan fingerprint density at radius 3 is 2.24 bits per heavy atom. The van der Waals surface area contributed by atoms with E-state index in [2.05, 4.69) is 39.9 Å². The van der Waals surface area contributed by atoms with Crippen LogP contribution in [0.4, 0.5) is 0 Å². The Labute approximate surface area is 199 Å². The molecule has 3 aromatic rings. The van der Waals surface area contributed by atoms with Crippen molar-refractivity contribution < 1.29 is 14.0 Å². The number of ether oxygens (including phenoxy) is 1. The Morgan fingerprint density at radius 2 is 1.64 bits per heavy atom. The Hall–Kier alpha value is -2.44. The molecule has 0 bridgehead atoms. The first-order valence-electron chi connectivity index (χ1n) is 11.6. The second kappa shape index (κ2) is 9.43. The maximum absolute atomic E-state index is 12.3. The zero-order valence-electron chi connectivity index (χ0n) is 21.4. The van der Waals surface area contributed by atoms with E-state index in [-0.39, 0.29) is 10.8 Å². The summed E-state index contributed by atoms with van der Waals surface area (Å²) in [6.07, 6.45) is 0. The molecule has 0 aliphatic rings. The van der Waals surface area contributed by atoms with Crippen molar-refractivity contribution in [2.24, 2.45) is 5.41 Å². The summed E-state index contributed by atoms with van der Waals surface area (Å²) in [4.78, 5) is 12.3. The van der Waals surface area contributed by atoms with Crippen LogP contribution in [0.3, 0.4) is 0 Å². The molecule has 178 valence electrons. The molecule has 0 spiro atoms. The van der Waals surface area contributed by atoms with Crippen LogP contribution in [0.2, 0.25) is 18.1 Å². The lowest BCUT2D eigenvalue weighted by molar-refractivity contribution is -0.125. The highest BCUT2D eigenvalue weighted by molar-refractivity contribution is 6.74. The van der Waals surface area contributed by atoms with Gasteiger partial charge in [-0.15, -0.1) is 0 Å². The van der Waals surface area contributed by atoms with Gasteiger partial charge < -0.3 is 9.16 Å². The quantitative estimate of drug-likeness (QED) is 0.327. The summed E-state index contributed by atoms with van der Waals surface area (Å²) in [5, 5.41) is 6.05. The minimum Gasteiger partial charge on any atom is -0.487 e. The van der Waals surface area contributed by atoms with Gasteiger partial charge in [-0.05, 0) is 36.7 Å². The van der Waals surface area contributed by atoms with Gasteiger partial charge in [-0.25, -0.2) is 0 Å². The molecule has 6 heteroatoms. The molecule has 0 unspecified atom stereocenters. The van der Waals surface area contributed by atoms with E-state index in [1.165, 1.54) is 0 Å². The second-order valence-corrected chi connectivity index (χ2v) is 15.8. The molecule has 0 radical (unpaired) electrons. The molecule has 0 aliphatic heterocycles. The summed E-state index contributed by atoms with van der Waals surface area (Å²) in [5.74, 6) is 0.878. The number of nitrogens with zero attached hydrogens (tertiary/aromatic N) is 2. The smallest absolute Gasteiger partial charge is 0.192 e. The first-order chi connectivity index (χ1) is 15.3. The highest BCUT2D eigenvalue weighted by Gasteiger charge is 2.37. The van der Waals surface area contributed by atoms with Gasteiger partial charge in [-0.2, -0.15) is 5.10 Å². The molecular formula is C27H38N2O3Si. The molecule has 1 aromatic heterocycles. The van der Waals surface area contributed by atoms with Crippen LogP contribution >= 0.6 is 0 Å². The number of benzene rings is 2. The Morgan fingerprint density at radius 1 is 0.970 bits per heavy atom. The van der Waals surface area contributed by atoms with E-state index >= 15 is 0 Å². The molecule has 0 aliphatic carbocycles. The standard InChI is InChI=1S/C27H38N2O3Si/c1-20(30)27(5,6)19-29-23(18-32-33(7,8)26(2,3)4)22-15-12-16-24(25(22)28-29)31-17-21-13-10-9-11-14-21/h9-16H,17-19H2,1-8H3. The van der Waals surface area contributed by atoms with E-state index < -0.39 is 13.7 Å². The van der Waals surface area contributed by atoms with Crippen LogP contribution in [-0.2, 0) is 29.0 Å². The summed E-state index contributed by atoms with van der Waals surface area (Å²) >= 11 is 0. The molecule has 1 heterocycles. The van der Waals surface area contributed by atoms with Gasteiger partial charge in [0.2, 0.25) is 0 Å². The number of hydrogen-bond acceptors (Lipinski definition) is 4. The van der Waals surface area contributed by atoms with Crippen LogP contribution in [0.25, 0.3) is 10.9 Å². The lowest BCUT2D eigenvalue weighted by Crippen LogP contribution is -2.40. The number of carbonyl (C=O) groups is 1. The van der Waals surface area contributed by atoms with E-state index in [4.69, 9.17) is 14.3 Å². The van der Waals surface area contributed by atoms with Crippen molar-refractivity contribution >= 4 is 25.0 Å². The topological polar surface area (TPSA) is 53.4 Å². The predicted molar refractivity (Wildman–Crippen MR) is 137 cm³/mol. The van der Waals surface area contributed by atoms with Gasteiger partial charge in [0.05, 0.1) is 18.8 Å². The average Bonchev–Trinajstić information content (AvgIpc) is 3.07. The number of fused-ring (bicyclic) bond motifs is 1. The summed E-state index contributed by atoms with van der Waals surface area (Å²) in [6, 6.07) is 16.1. The predicted octanol–water partition coefficient (Wildman–Crippen LogP) is 6.75. The molecule has 3 rings (SSSR count). The lowest BCUT2D eigenvalue weighted by Gasteiger charge is -2.36. The van der Waals surface area contributed by atoms with Crippen molar-refractivity contribution in [3.8, 4) is 5.75 Å². The largest absolute Gasteiger partial charge is 0.487 e. The fourth-order valence-corrected chi connectivity index (χ4v) is 4.19. The fourth-order valence-electron chi connectivity index (χ4n) is 3.26. The van der Waals surface area contributed by atoms with Gasteiger partial charge in [0, 0.05) is 10.8 Å². The van der Waals surface area contributed by atoms with Crippen LogP contribution in [0.15, 0.2) is 48.5 Å². The van der Waals surface area contributed by atoms with E-state index in [1.807, 2.05) is 61.0 Å². The van der Waals surface area contributed by atoms with Crippen molar-refractivity contribution in [2.45, 2.75) is 79.4 Å². The van der Waals surface area contributed by atoms with Crippen molar-refractivity contribution in [1.29, 1.82) is 0 Å². The molecule has 0 amide bonds. The molecule has 33 heavy (non-hydrogen) atoms. The van der Waals surface area contributed by atoms with Gasteiger partial charge in [0.1, 0.15) is 23.7 Å². The molecule has 5 nitrogen and oxygen atoms in total. The summed E-state index contributed by atoms with van der Waals surface area (Å²) in [7, 11) is -1.96. The van der Waals surface area contributed by atoms with Crippen LogP contribution < -0.4 is 4.74 Å². The highest BCUT2D eigenvalue weighted by Crippen LogP contribution is 2.38. The number of carbonyl (C=O) groups excluding carboxylic acids is 1. The van der Waals surface area contributed by atoms with Gasteiger partial charge >= 0.3 is 0 Å². The summed E-state index contributed by atoms with van der Waals surface area (Å²) in [5.41, 5.74) is 2.38. The third-order valence-electron chi connectivity index (χ3n) is 6.95. The number of aromatic nitrogens is 2. The van der Waals surface area contributed by atoms with Crippen molar-refractivity contribution in [2.75, 3.05) is 0 Å². The van der Waals surface area contributed by atoms with E-state index in [1.54, 1.807) is 6.92 Å². The maximum atomic E-state index is 12.3. The van der Waals surface area contributed by atoms with Gasteiger partial charge in [0.25, 0.3) is 0 Å². The molecule has 0 N–H and O–H groups in total. The van der Waals surface area contributed by atoms with E-state index in [0.29, 0.717) is 19.8 Å². The third kappa shape index (κ3) is 5.74. The van der Waals surface area contributed by atoms with Gasteiger partial charge in [0.15, 0.2) is 8.32 Å². The molecule has 0 atom stereocenters. The van der Waals surface area contributed by atoms with Gasteiger partial charge in [-0.1, -0.05) is 77.1 Å². The summed E-state index contributed by atoms with van der Waals surface area (Å²) in [6.45, 7) is 18.2. The van der Waals surface area contributed by atoms with Crippen molar-refractivity contribution in [3.05, 3.63) is 59.8 Å². The Balaban J connectivity index is 2.00. The van der Waals surface area contributed by atoms with Crippen molar-refractivity contribution in [3.63, 3.8) is 0 Å². The number of hydrogen-bond donors (Lipinski definition) is 0. The Kier molecular flexibility index (Phi) is 7.20.